The van der Waals surface area contributed by atoms with Gasteiger partial charge in [0.2, 0.25) is 0 Å². The van der Waals surface area contributed by atoms with Crippen molar-refractivity contribution in [1.82, 2.24) is 0 Å². The Labute approximate surface area is 109 Å². The second-order valence-electron chi connectivity index (χ2n) is 4.73. The Morgan fingerprint density at radius 2 is 1.61 bits per heavy atom. The van der Waals surface area contributed by atoms with Crippen molar-refractivity contribution in [3.63, 3.8) is 0 Å². The molecule has 0 amide bonds. The number of hydrogen-bond acceptors (Lipinski definition) is 2. The summed E-state index contributed by atoms with van der Waals surface area (Å²) in [6.07, 6.45) is 0. The molecular weight excluding hydrogens is 220 g/mol. The van der Waals surface area contributed by atoms with Crippen molar-refractivity contribution in [3.8, 4) is 0 Å². The van der Waals surface area contributed by atoms with Crippen LogP contribution in [-0.4, -0.2) is 7.05 Å². The fraction of sp³-hybridized carbons (Fsp3) is 0.250. The van der Waals surface area contributed by atoms with Crippen LogP contribution in [0.25, 0.3) is 0 Å². The van der Waals surface area contributed by atoms with Gasteiger partial charge in [-0.25, -0.2) is 0 Å². The molecule has 0 aromatic heterocycles. The summed E-state index contributed by atoms with van der Waals surface area (Å²) in [5.74, 6) is 0. The lowest BCUT2D eigenvalue weighted by molar-refractivity contribution is 0.818. The highest BCUT2D eigenvalue weighted by molar-refractivity contribution is 5.65. The Kier molecular flexibility index (Phi) is 3.68. The zero-order valence-corrected chi connectivity index (χ0v) is 11.2. The van der Waals surface area contributed by atoms with Gasteiger partial charge in [0.1, 0.15) is 0 Å². The molecule has 94 valence electrons. The molecule has 0 saturated heterocycles. The van der Waals surface area contributed by atoms with Crippen molar-refractivity contribution in [3.05, 3.63) is 59.7 Å². The average molecular weight is 240 g/mol. The SMILES string of the molecule is Cc1ccccc1N(C)c1ccc(C(C)N)cc1. The maximum Gasteiger partial charge on any atom is 0.0437 e. The first kappa shape index (κ1) is 12.7. The van der Waals surface area contributed by atoms with Crippen LogP contribution < -0.4 is 10.6 Å². The predicted octanol–water partition coefficient (Wildman–Crippen LogP) is 3.78. The van der Waals surface area contributed by atoms with E-state index >= 15 is 0 Å². The van der Waals surface area contributed by atoms with E-state index < -0.39 is 0 Å². The number of aryl methyl sites for hydroxylation is 1. The van der Waals surface area contributed by atoms with Gasteiger partial charge in [-0.2, -0.15) is 0 Å². The molecule has 1 unspecified atom stereocenters. The highest BCUT2D eigenvalue weighted by Gasteiger charge is 2.06. The molecule has 0 spiro atoms. The second kappa shape index (κ2) is 5.23. The van der Waals surface area contributed by atoms with Crippen LogP contribution in [-0.2, 0) is 0 Å². The largest absolute Gasteiger partial charge is 0.344 e. The van der Waals surface area contributed by atoms with Crippen LogP contribution in [0.15, 0.2) is 48.5 Å². The molecule has 0 aliphatic carbocycles. The minimum Gasteiger partial charge on any atom is -0.344 e. The first-order chi connectivity index (χ1) is 8.59. The van der Waals surface area contributed by atoms with Crippen molar-refractivity contribution >= 4 is 11.4 Å². The highest BCUT2D eigenvalue weighted by Crippen LogP contribution is 2.27. The molecule has 0 fully saturated rings. The van der Waals surface area contributed by atoms with Gasteiger partial charge in [0.25, 0.3) is 0 Å². The smallest absolute Gasteiger partial charge is 0.0437 e. The summed E-state index contributed by atoms with van der Waals surface area (Å²) in [5, 5.41) is 0. The first-order valence-electron chi connectivity index (χ1n) is 6.24. The van der Waals surface area contributed by atoms with Crippen LogP contribution in [0.4, 0.5) is 11.4 Å². The van der Waals surface area contributed by atoms with E-state index in [0.29, 0.717) is 0 Å². The number of nitrogens with zero attached hydrogens (tertiary/aromatic N) is 1. The maximum atomic E-state index is 5.86. The number of nitrogens with two attached hydrogens (primary N) is 1. The van der Waals surface area contributed by atoms with Gasteiger partial charge in [-0.15, -0.1) is 0 Å². The molecule has 2 aromatic carbocycles. The molecule has 2 aromatic rings. The Hall–Kier alpha value is -1.80. The summed E-state index contributed by atoms with van der Waals surface area (Å²) in [4.78, 5) is 2.19. The summed E-state index contributed by atoms with van der Waals surface area (Å²) < 4.78 is 0. The molecule has 2 N–H and O–H groups in total. The zero-order valence-electron chi connectivity index (χ0n) is 11.2. The zero-order chi connectivity index (χ0) is 13.1. The van der Waals surface area contributed by atoms with Crippen LogP contribution in [0.1, 0.15) is 24.1 Å². The fourth-order valence-electron chi connectivity index (χ4n) is 2.08. The van der Waals surface area contributed by atoms with Crippen LogP contribution >= 0.6 is 0 Å². The Morgan fingerprint density at radius 1 is 1.00 bits per heavy atom. The Morgan fingerprint density at radius 3 is 2.17 bits per heavy atom. The number of rotatable bonds is 3. The van der Waals surface area contributed by atoms with E-state index in [2.05, 4.69) is 67.4 Å². The van der Waals surface area contributed by atoms with Crippen molar-refractivity contribution < 1.29 is 0 Å². The normalized spacial score (nSPS) is 12.2. The highest BCUT2D eigenvalue weighted by atomic mass is 15.1. The summed E-state index contributed by atoms with van der Waals surface area (Å²) in [5.41, 5.74) is 10.7. The number of para-hydroxylation sites is 1. The number of hydrogen-bond donors (Lipinski definition) is 1. The molecule has 1 atom stereocenters. The van der Waals surface area contributed by atoms with E-state index in [1.54, 1.807) is 0 Å². The third kappa shape index (κ3) is 2.54. The van der Waals surface area contributed by atoms with E-state index in [1.807, 2.05) is 6.92 Å². The summed E-state index contributed by atoms with van der Waals surface area (Å²) >= 11 is 0. The second-order valence-corrected chi connectivity index (χ2v) is 4.73. The lowest BCUT2D eigenvalue weighted by Crippen LogP contribution is -2.11. The summed E-state index contributed by atoms with van der Waals surface area (Å²) in [6, 6.07) is 16.9. The lowest BCUT2D eigenvalue weighted by atomic mass is 10.1. The summed E-state index contributed by atoms with van der Waals surface area (Å²) in [7, 11) is 2.09. The molecule has 0 heterocycles. The molecule has 0 radical (unpaired) electrons. The molecule has 18 heavy (non-hydrogen) atoms. The van der Waals surface area contributed by atoms with Crippen molar-refractivity contribution in [2.75, 3.05) is 11.9 Å². The van der Waals surface area contributed by atoms with Gasteiger partial charge in [-0.05, 0) is 43.2 Å². The monoisotopic (exact) mass is 240 g/mol. The maximum absolute atomic E-state index is 5.86. The molecular formula is C16H20N2. The van der Waals surface area contributed by atoms with Gasteiger partial charge in [0.15, 0.2) is 0 Å². The predicted molar refractivity (Wildman–Crippen MR) is 78.3 cm³/mol. The van der Waals surface area contributed by atoms with Gasteiger partial charge in [-0.1, -0.05) is 30.3 Å². The number of anilines is 2. The molecule has 0 aliphatic heterocycles. The van der Waals surface area contributed by atoms with Gasteiger partial charge in [0.05, 0.1) is 0 Å². The average Bonchev–Trinajstić information content (AvgIpc) is 2.38. The van der Waals surface area contributed by atoms with Crippen LogP contribution in [0, 0.1) is 6.92 Å². The molecule has 0 saturated carbocycles. The van der Waals surface area contributed by atoms with E-state index in [4.69, 9.17) is 5.73 Å². The molecule has 2 nitrogen and oxygen atoms in total. The Bertz CT molecular complexity index is 515. The third-order valence-corrected chi connectivity index (χ3v) is 3.28. The van der Waals surface area contributed by atoms with Crippen molar-refractivity contribution in [1.29, 1.82) is 0 Å². The standard InChI is InChI=1S/C16H20N2/c1-12-6-4-5-7-16(12)18(3)15-10-8-14(9-11-15)13(2)17/h4-11,13H,17H2,1-3H3. The quantitative estimate of drug-likeness (QED) is 0.884. The van der Waals surface area contributed by atoms with Crippen LogP contribution in [0.3, 0.4) is 0 Å². The van der Waals surface area contributed by atoms with Crippen LogP contribution in [0.5, 0.6) is 0 Å². The Balaban J connectivity index is 2.29. The van der Waals surface area contributed by atoms with Gasteiger partial charge < -0.3 is 10.6 Å². The minimum absolute atomic E-state index is 0.0859. The van der Waals surface area contributed by atoms with E-state index in [-0.39, 0.29) is 6.04 Å². The fourth-order valence-corrected chi connectivity index (χ4v) is 2.08. The summed E-state index contributed by atoms with van der Waals surface area (Å²) in [6.45, 7) is 4.13. The topological polar surface area (TPSA) is 29.3 Å². The van der Waals surface area contributed by atoms with E-state index in [9.17, 15) is 0 Å². The third-order valence-electron chi connectivity index (χ3n) is 3.28. The molecule has 0 aliphatic rings. The van der Waals surface area contributed by atoms with Gasteiger partial charge >= 0.3 is 0 Å². The molecule has 2 heteroatoms. The molecule has 0 bridgehead atoms. The van der Waals surface area contributed by atoms with E-state index in [0.717, 1.165) is 5.56 Å². The minimum atomic E-state index is 0.0859. The van der Waals surface area contributed by atoms with E-state index in [1.165, 1.54) is 16.9 Å². The van der Waals surface area contributed by atoms with Crippen LogP contribution in [0.2, 0.25) is 0 Å². The molecule has 2 rings (SSSR count). The number of benzene rings is 2. The lowest BCUT2D eigenvalue weighted by Gasteiger charge is -2.22. The first-order valence-corrected chi connectivity index (χ1v) is 6.24. The van der Waals surface area contributed by atoms with Gasteiger partial charge in [-0.3, -0.25) is 0 Å². The van der Waals surface area contributed by atoms with Crippen molar-refractivity contribution in [2.45, 2.75) is 19.9 Å². The van der Waals surface area contributed by atoms with Crippen molar-refractivity contribution in [2.24, 2.45) is 5.73 Å². The van der Waals surface area contributed by atoms with Gasteiger partial charge in [0, 0.05) is 24.5 Å².